The molecule has 3 rings (SSSR count). The smallest absolute Gasteiger partial charge is 0.228 e. The molecule has 0 saturated carbocycles. The Bertz CT molecular complexity index is 603. The number of carbonyl (C=O) groups excluding carboxylic acids is 1. The highest BCUT2D eigenvalue weighted by molar-refractivity contribution is 9.10. The minimum absolute atomic E-state index is 0.151. The van der Waals surface area contributed by atoms with Crippen LogP contribution in [0.3, 0.4) is 0 Å². The summed E-state index contributed by atoms with van der Waals surface area (Å²) in [5, 5.41) is 4.95. The third kappa shape index (κ3) is 2.66. The van der Waals surface area contributed by atoms with E-state index in [0.29, 0.717) is 6.42 Å². The van der Waals surface area contributed by atoms with Gasteiger partial charge in [-0.25, -0.2) is 0 Å². The SMILES string of the molecule is O=C(Cc1noc2cc(Br)ccc12)N1CCCCC1. The zero-order valence-corrected chi connectivity index (χ0v) is 12.1. The molecule has 1 saturated heterocycles. The second-order valence-corrected chi connectivity index (χ2v) is 5.80. The highest BCUT2D eigenvalue weighted by atomic mass is 79.9. The van der Waals surface area contributed by atoms with Crippen LogP contribution in [0.1, 0.15) is 25.0 Å². The molecule has 5 heteroatoms. The molecule has 1 aliphatic rings. The van der Waals surface area contributed by atoms with Crippen molar-refractivity contribution in [2.75, 3.05) is 13.1 Å². The van der Waals surface area contributed by atoms with Crippen LogP contribution in [-0.2, 0) is 11.2 Å². The average Bonchev–Trinajstić information content (AvgIpc) is 2.82. The van der Waals surface area contributed by atoms with Crippen molar-refractivity contribution in [3.8, 4) is 0 Å². The monoisotopic (exact) mass is 322 g/mol. The maximum absolute atomic E-state index is 12.2. The number of benzene rings is 1. The van der Waals surface area contributed by atoms with Gasteiger partial charge in [0.2, 0.25) is 5.91 Å². The lowest BCUT2D eigenvalue weighted by Gasteiger charge is -2.26. The summed E-state index contributed by atoms with van der Waals surface area (Å²) in [4.78, 5) is 14.1. The Balaban J connectivity index is 1.79. The molecule has 100 valence electrons. The van der Waals surface area contributed by atoms with Gasteiger partial charge in [-0.15, -0.1) is 0 Å². The van der Waals surface area contributed by atoms with Gasteiger partial charge in [-0.2, -0.15) is 0 Å². The molecule has 0 radical (unpaired) electrons. The number of piperidine rings is 1. The summed E-state index contributed by atoms with van der Waals surface area (Å²) in [6, 6.07) is 5.75. The van der Waals surface area contributed by atoms with Gasteiger partial charge in [0, 0.05) is 22.9 Å². The third-order valence-corrected chi connectivity index (χ3v) is 4.03. The number of fused-ring (bicyclic) bond motifs is 1. The standard InChI is InChI=1S/C14H15BrN2O2/c15-10-4-5-11-12(16-19-13(11)8-10)9-14(18)17-6-2-1-3-7-17/h4-5,8H,1-3,6-7,9H2. The predicted molar refractivity (Wildman–Crippen MR) is 75.8 cm³/mol. The minimum Gasteiger partial charge on any atom is -0.356 e. The molecule has 0 unspecified atom stereocenters. The normalized spacial score (nSPS) is 15.9. The Morgan fingerprint density at radius 3 is 2.89 bits per heavy atom. The summed E-state index contributed by atoms with van der Waals surface area (Å²) >= 11 is 3.39. The number of carbonyl (C=O) groups is 1. The van der Waals surface area contributed by atoms with Crippen LogP contribution in [0, 0.1) is 0 Å². The van der Waals surface area contributed by atoms with Crippen molar-refractivity contribution < 1.29 is 9.32 Å². The summed E-state index contributed by atoms with van der Waals surface area (Å²) in [6.07, 6.45) is 3.77. The lowest BCUT2D eigenvalue weighted by Crippen LogP contribution is -2.36. The Labute approximate surface area is 119 Å². The number of likely N-dealkylation sites (tertiary alicyclic amines) is 1. The van der Waals surface area contributed by atoms with Gasteiger partial charge >= 0.3 is 0 Å². The quantitative estimate of drug-likeness (QED) is 0.853. The van der Waals surface area contributed by atoms with E-state index >= 15 is 0 Å². The lowest BCUT2D eigenvalue weighted by atomic mass is 10.1. The van der Waals surface area contributed by atoms with Crippen LogP contribution in [0.5, 0.6) is 0 Å². The first-order valence-corrected chi connectivity index (χ1v) is 7.35. The molecule has 1 aromatic carbocycles. The second-order valence-electron chi connectivity index (χ2n) is 4.89. The minimum atomic E-state index is 0.151. The zero-order valence-electron chi connectivity index (χ0n) is 10.6. The van der Waals surface area contributed by atoms with Gasteiger partial charge in [-0.1, -0.05) is 21.1 Å². The molecule has 4 nitrogen and oxygen atoms in total. The number of aromatic nitrogens is 1. The fourth-order valence-corrected chi connectivity index (χ4v) is 2.83. The highest BCUT2D eigenvalue weighted by Crippen LogP contribution is 2.23. The average molecular weight is 323 g/mol. The zero-order chi connectivity index (χ0) is 13.2. The molecule has 1 aliphatic heterocycles. The molecular weight excluding hydrogens is 308 g/mol. The third-order valence-electron chi connectivity index (χ3n) is 3.54. The largest absolute Gasteiger partial charge is 0.356 e. The van der Waals surface area contributed by atoms with E-state index in [9.17, 15) is 4.79 Å². The van der Waals surface area contributed by atoms with Crippen LogP contribution in [0.4, 0.5) is 0 Å². The van der Waals surface area contributed by atoms with Gasteiger partial charge in [-0.3, -0.25) is 4.79 Å². The van der Waals surface area contributed by atoms with Crippen molar-refractivity contribution in [3.63, 3.8) is 0 Å². The number of amides is 1. The van der Waals surface area contributed by atoms with Gasteiger partial charge < -0.3 is 9.42 Å². The van der Waals surface area contributed by atoms with Crippen LogP contribution < -0.4 is 0 Å². The Morgan fingerprint density at radius 1 is 1.32 bits per heavy atom. The van der Waals surface area contributed by atoms with E-state index in [1.807, 2.05) is 23.1 Å². The molecule has 2 aromatic rings. The highest BCUT2D eigenvalue weighted by Gasteiger charge is 2.19. The molecular formula is C14H15BrN2O2. The number of halogens is 1. The summed E-state index contributed by atoms with van der Waals surface area (Å²) < 4.78 is 6.22. The second kappa shape index (κ2) is 5.33. The first-order chi connectivity index (χ1) is 9.24. The Morgan fingerprint density at radius 2 is 2.11 bits per heavy atom. The molecule has 0 atom stereocenters. The predicted octanol–water partition coefficient (Wildman–Crippen LogP) is 3.15. The molecule has 0 spiro atoms. The van der Waals surface area contributed by atoms with Gasteiger partial charge in [0.15, 0.2) is 5.58 Å². The van der Waals surface area contributed by atoms with Crippen LogP contribution >= 0.6 is 15.9 Å². The van der Waals surface area contributed by atoms with E-state index in [4.69, 9.17) is 4.52 Å². The maximum atomic E-state index is 12.2. The maximum Gasteiger partial charge on any atom is 0.228 e. The molecule has 1 amide bonds. The first-order valence-electron chi connectivity index (χ1n) is 6.55. The summed E-state index contributed by atoms with van der Waals surface area (Å²) in [7, 11) is 0. The number of rotatable bonds is 2. The topological polar surface area (TPSA) is 46.3 Å². The van der Waals surface area contributed by atoms with E-state index in [2.05, 4.69) is 21.1 Å². The molecule has 0 aliphatic carbocycles. The molecule has 0 N–H and O–H groups in total. The Kier molecular flexibility index (Phi) is 3.55. The lowest BCUT2D eigenvalue weighted by molar-refractivity contribution is -0.131. The molecule has 2 heterocycles. The van der Waals surface area contributed by atoms with Crippen LogP contribution in [-0.4, -0.2) is 29.1 Å². The van der Waals surface area contributed by atoms with Gasteiger partial charge in [0.1, 0.15) is 5.69 Å². The van der Waals surface area contributed by atoms with E-state index < -0.39 is 0 Å². The van der Waals surface area contributed by atoms with Gasteiger partial charge in [0.25, 0.3) is 0 Å². The molecule has 1 aromatic heterocycles. The van der Waals surface area contributed by atoms with Crippen molar-refractivity contribution in [2.45, 2.75) is 25.7 Å². The fourth-order valence-electron chi connectivity index (χ4n) is 2.49. The van der Waals surface area contributed by atoms with E-state index in [1.54, 1.807) is 0 Å². The molecule has 19 heavy (non-hydrogen) atoms. The van der Waals surface area contributed by atoms with Crippen molar-refractivity contribution in [3.05, 3.63) is 28.4 Å². The van der Waals surface area contributed by atoms with Crippen molar-refractivity contribution in [1.29, 1.82) is 0 Å². The summed E-state index contributed by atoms with van der Waals surface area (Å²) in [5.41, 5.74) is 1.45. The van der Waals surface area contributed by atoms with Crippen LogP contribution in [0.25, 0.3) is 11.0 Å². The van der Waals surface area contributed by atoms with Gasteiger partial charge in [0.05, 0.1) is 6.42 Å². The van der Waals surface area contributed by atoms with E-state index in [0.717, 1.165) is 47.1 Å². The summed E-state index contributed by atoms with van der Waals surface area (Å²) in [5.74, 6) is 0.151. The van der Waals surface area contributed by atoms with Crippen molar-refractivity contribution in [1.82, 2.24) is 10.1 Å². The van der Waals surface area contributed by atoms with E-state index in [1.165, 1.54) is 6.42 Å². The van der Waals surface area contributed by atoms with Crippen molar-refractivity contribution in [2.24, 2.45) is 0 Å². The van der Waals surface area contributed by atoms with Gasteiger partial charge in [-0.05, 0) is 37.5 Å². The van der Waals surface area contributed by atoms with Crippen LogP contribution in [0.2, 0.25) is 0 Å². The molecule has 0 bridgehead atoms. The summed E-state index contributed by atoms with van der Waals surface area (Å²) in [6.45, 7) is 1.75. The first kappa shape index (κ1) is 12.7. The fraction of sp³-hybridized carbons (Fsp3) is 0.429. The molecule has 1 fully saturated rings. The van der Waals surface area contributed by atoms with E-state index in [-0.39, 0.29) is 5.91 Å². The van der Waals surface area contributed by atoms with Crippen molar-refractivity contribution >= 4 is 32.8 Å². The van der Waals surface area contributed by atoms with Crippen LogP contribution in [0.15, 0.2) is 27.2 Å². The number of nitrogens with zero attached hydrogens (tertiary/aromatic N) is 2. The Hall–Kier alpha value is -1.36. The number of hydrogen-bond acceptors (Lipinski definition) is 3. The number of hydrogen-bond donors (Lipinski definition) is 0.